The summed E-state index contributed by atoms with van der Waals surface area (Å²) in [7, 11) is 0. The summed E-state index contributed by atoms with van der Waals surface area (Å²) in [4.78, 5) is 0. The van der Waals surface area contributed by atoms with E-state index in [4.69, 9.17) is 10.5 Å². The number of hydrogen-bond donors (Lipinski definition) is 2. The van der Waals surface area contributed by atoms with Crippen molar-refractivity contribution >= 4 is 5.69 Å². The van der Waals surface area contributed by atoms with Gasteiger partial charge in [0.25, 0.3) is 0 Å². The highest BCUT2D eigenvalue weighted by Crippen LogP contribution is 2.23. The molecule has 2 rings (SSSR count). The van der Waals surface area contributed by atoms with Gasteiger partial charge in [0.2, 0.25) is 0 Å². The van der Waals surface area contributed by atoms with Gasteiger partial charge in [-0.05, 0) is 43.2 Å². The van der Waals surface area contributed by atoms with Crippen LogP contribution in [0.4, 0.5) is 5.69 Å². The fraction of sp³-hybridized carbons (Fsp3) is 0.333. The molecule has 1 unspecified atom stereocenters. The van der Waals surface area contributed by atoms with Gasteiger partial charge in [0.05, 0.1) is 12.6 Å². The lowest BCUT2D eigenvalue weighted by molar-refractivity contribution is 0.317. The number of benzene rings is 2. The van der Waals surface area contributed by atoms with E-state index in [0.717, 1.165) is 30.0 Å². The Balaban J connectivity index is 2.11. The van der Waals surface area contributed by atoms with Gasteiger partial charge in [-0.3, -0.25) is 0 Å². The first kappa shape index (κ1) is 15.4. The minimum atomic E-state index is 0.0814. The number of anilines is 1. The fourth-order valence-corrected chi connectivity index (χ4v) is 2.17. The number of aryl methyl sites for hydroxylation is 1. The Labute approximate surface area is 127 Å². The van der Waals surface area contributed by atoms with Crippen molar-refractivity contribution < 1.29 is 4.74 Å². The smallest absolute Gasteiger partial charge is 0.119 e. The molecule has 21 heavy (non-hydrogen) atoms. The number of rotatable bonds is 7. The molecule has 3 nitrogen and oxygen atoms in total. The van der Waals surface area contributed by atoms with Crippen molar-refractivity contribution in [2.75, 3.05) is 18.5 Å². The quantitative estimate of drug-likeness (QED) is 0.810. The summed E-state index contributed by atoms with van der Waals surface area (Å²) < 4.78 is 5.69. The summed E-state index contributed by atoms with van der Waals surface area (Å²) in [6.45, 7) is 5.46. The molecule has 0 aromatic heterocycles. The van der Waals surface area contributed by atoms with E-state index in [9.17, 15) is 0 Å². The zero-order valence-corrected chi connectivity index (χ0v) is 12.8. The Morgan fingerprint density at radius 1 is 1.14 bits per heavy atom. The van der Waals surface area contributed by atoms with E-state index in [1.165, 1.54) is 5.56 Å². The second kappa shape index (κ2) is 7.70. The van der Waals surface area contributed by atoms with Gasteiger partial charge in [-0.2, -0.15) is 0 Å². The van der Waals surface area contributed by atoms with Crippen LogP contribution in [-0.2, 0) is 0 Å². The SMILES string of the molecule is CCCOc1cccc(C(CN)Nc2ccc(C)cc2)c1. The largest absolute Gasteiger partial charge is 0.494 e. The Hall–Kier alpha value is -2.00. The molecule has 112 valence electrons. The van der Waals surface area contributed by atoms with Crippen LogP contribution in [0.2, 0.25) is 0 Å². The maximum absolute atomic E-state index is 5.93. The summed E-state index contributed by atoms with van der Waals surface area (Å²) in [6.07, 6.45) is 1.01. The standard InChI is InChI=1S/C18H24N2O/c1-3-11-21-17-6-4-5-15(12-17)18(13-19)20-16-9-7-14(2)8-10-16/h4-10,12,18,20H,3,11,13,19H2,1-2H3. The molecule has 3 heteroatoms. The summed E-state index contributed by atoms with van der Waals surface area (Å²) in [5.74, 6) is 0.901. The van der Waals surface area contributed by atoms with Crippen LogP contribution in [0.25, 0.3) is 0 Å². The Morgan fingerprint density at radius 2 is 1.90 bits per heavy atom. The highest BCUT2D eigenvalue weighted by Gasteiger charge is 2.10. The van der Waals surface area contributed by atoms with Crippen LogP contribution in [0.3, 0.4) is 0 Å². The molecule has 0 heterocycles. The number of nitrogens with two attached hydrogens (primary N) is 1. The summed E-state index contributed by atoms with van der Waals surface area (Å²) in [5.41, 5.74) is 9.40. The monoisotopic (exact) mass is 284 g/mol. The average molecular weight is 284 g/mol. The van der Waals surface area contributed by atoms with Crippen molar-refractivity contribution in [1.29, 1.82) is 0 Å². The molecule has 0 bridgehead atoms. The van der Waals surface area contributed by atoms with Crippen LogP contribution in [-0.4, -0.2) is 13.2 Å². The first-order chi connectivity index (χ1) is 10.2. The maximum Gasteiger partial charge on any atom is 0.119 e. The fourth-order valence-electron chi connectivity index (χ4n) is 2.17. The predicted octanol–water partition coefficient (Wildman–Crippen LogP) is 3.90. The van der Waals surface area contributed by atoms with Crippen molar-refractivity contribution in [3.8, 4) is 5.75 Å². The van der Waals surface area contributed by atoms with E-state index in [0.29, 0.717) is 6.54 Å². The molecule has 2 aromatic carbocycles. The van der Waals surface area contributed by atoms with Crippen LogP contribution in [0, 0.1) is 6.92 Å². The van der Waals surface area contributed by atoms with E-state index in [1.807, 2.05) is 12.1 Å². The van der Waals surface area contributed by atoms with E-state index in [1.54, 1.807) is 0 Å². The summed E-state index contributed by atoms with van der Waals surface area (Å²) >= 11 is 0. The minimum Gasteiger partial charge on any atom is -0.494 e. The van der Waals surface area contributed by atoms with Crippen molar-refractivity contribution in [2.24, 2.45) is 5.73 Å². The number of hydrogen-bond acceptors (Lipinski definition) is 3. The molecule has 0 saturated carbocycles. The third kappa shape index (κ3) is 4.50. The lowest BCUT2D eigenvalue weighted by Crippen LogP contribution is -2.20. The van der Waals surface area contributed by atoms with Gasteiger partial charge in [0.15, 0.2) is 0 Å². The summed E-state index contributed by atoms with van der Waals surface area (Å²) in [5, 5.41) is 3.47. The van der Waals surface area contributed by atoms with Gasteiger partial charge in [0, 0.05) is 12.2 Å². The third-order valence-electron chi connectivity index (χ3n) is 3.36. The van der Waals surface area contributed by atoms with Crippen molar-refractivity contribution in [2.45, 2.75) is 26.3 Å². The molecule has 0 fully saturated rings. The van der Waals surface area contributed by atoms with Gasteiger partial charge >= 0.3 is 0 Å². The lowest BCUT2D eigenvalue weighted by Gasteiger charge is -2.19. The van der Waals surface area contributed by atoms with E-state index >= 15 is 0 Å². The molecule has 3 N–H and O–H groups in total. The highest BCUT2D eigenvalue weighted by atomic mass is 16.5. The Bertz CT molecular complexity index is 551. The van der Waals surface area contributed by atoms with Crippen LogP contribution in [0.1, 0.15) is 30.5 Å². The zero-order chi connectivity index (χ0) is 15.1. The average Bonchev–Trinajstić information content (AvgIpc) is 2.52. The van der Waals surface area contributed by atoms with Gasteiger partial charge in [-0.1, -0.05) is 36.8 Å². The summed E-state index contributed by atoms with van der Waals surface area (Å²) in [6, 6.07) is 16.6. The molecule has 0 amide bonds. The van der Waals surface area contributed by atoms with Crippen LogP contribution in [0.15, 0.2) is 48.5 Å². The molecule has 0 aliphatic carbocycles. The normalized spacial score (nSPS) is 12.0. The molecule has 0 spiro atoms. The van der Waals surface area contributed by atoms with Crippen LogP contribution >= 0.6 is 0 Å². The van der Waals surface area contributed by atoms with Gasteiger partial charge in [-0.15, -0.1) is 0 Å². The topological polar surface area (TPSA) is 47.3 Å². The lowest BCUT2D eigenvalue weighted by atomic mass is 10.1. The van der Waals surface area contributed by atoms with E-state index < -0.39 is 0 Å². The van der Waals surface area contributed by atoms with Crippen molar-refractivity contribution in [1.82, 2.24) is 0 Å². The molecular weight excluding hydrogens is 260 g/mol. The highest BCUT2D eigenvalue weighted by molar-refractivity contribution is 5.47. The minimum absolute atomic E-state index is 0.0814. The van der Waals surface area contributed by atoms with Gasteiger partial charge < -0.3 is 15.8 Å². The second-order valence-corrected chi connectivity index (χ2v) is 5.22. The first-order valence-corrected chi connectivity index (χ1v) is 7.49. The predicted molar refractivity (Wildman–Crippen MR) is 88.8 cm³/mol. The van der Waals surface area contributed by atoms with Crippen LogP contribution < -0.4 is 15.8 Å². The molecule has 0 aliphatic rings. The van der Waals surface area contributed by atoms with Crippen LogP contribution in [0.5, 0.6) is 5.75 Å². The second-order valence-electron chi connectivity index (χ2n) is 5.22. The molecule has 0 radical (unpaired) electrons. The first-order valence-electron chi connectivity index (χ1n) is 7.49. The van der Waals surface area contributed by atoms with Crippen molar-refractivity contribution in [3.63, 3.8) is 0 Å². The molecule has 1 atom stereocenters. The molecule has 0 saturated heterocycles. The number of ether oxygens (including phenoxy) is 1. The molecular formula is C18H24N2O. The zero-order valence-electron chi connectivity index (χ0n) is 12.8. The van der Waals surface area contributed by atoms with E-state index in [-0.39, 0.29) is 6.04 Å². The molecule has 2 aromatic rings. The Morgan fingerprint density at radius 3 is 2.57 bits per heavy atom. The number of nitrogens with one attached hydrogen (secondary N) is 1. The van der Waals surface area contributed by atoms with Gasteiger partial charge in [0.1, 0.15) is 5.75 Å². The maximum atomic E-state index is 5.93. The third-order valence-corrected chi connectivity index (χ3v) is 3.36. The van der Waals surface area contributed by atoms with E-state index in [2.05, 4.69) is 55.6 Å². The Kier molecular flexibility index (Phi) is 5.64. The molecule has 0 aliphatic heterocycles. The van der Waals surface area contributed by atoms with Crippen molar-refractivity contribution in [3.05, 3.63) is 59.7 Å². The van der Waals surface area contributed by atoms with Gasteiger partial charge in [-0.25, -0.2) is 0 Å².